The van der Waals surface area contributed by atoms with Gasteiger partial charge in [-0.15, -0.1) is 0 Å². The van der Waals surface area contributed by atoms with E-state index in [1.807, 2.05) is 21.1 Å². The minimum Gasteiger partial charge on any atom is -0.756 e. The van der Waals surface area contributed by atoms with Crippen molar-refractivity contribution in [3.63, 3.8) is 0 Å². The predicted octanol–water partition coefficient (Wildman–Crippen LogP) is 26.0. The quantitative estimate of drug-likeness (QED) is 0.0195. The van der Waals surface area contributed by atoms with E-state index in [9.17, 15) is 19.0 Å². The van der Waals surface area contributed by atoms with Crippen molar-refractivity contribution in [2.24, 2.45) is 0 Å². The number of carbonyl (C=O) groups is 2. The van der Waals surface area contributed by atoms with Crippen LogP contribution in [0.5, 0.6) is 0 Å². The maximum absolute atomic E-state index is 12.9. The summed E-state index contributed by atoms with van der Waals surface area (Å²) in [4.78, 5) is 38.2. The van der Waals surface area contributed by atoms with Gasteiger partial charge in [0.05, 0.1) is 27.7 Å². The van der Waals surface area contributed by atoms with Gasteiger partial charge >= 0.3 is 11.9 Å². The summed E-state index contributed by atoms with van der Waals surface area (Å²) in [6.07, 6.45) is 90.6. The molecule has 0 aromatic carbocycles. The van der Waals surface area contributed by atoms with Crippen LogP contribution in [0.2, 0.25) is 0 Å². The Kier molecular flexibility index (Phi) is 71.0. The van der Waals surface area contributed by atoms with E-state index in [1.54, 1.807) is 0 Å². The summed E-state index contributed by atoms with van der Waals surface area (Å²) < 4.78 is 34.4. The molecule has 0 aromatic heterocycles. The normalized spacial score (nSPS) is 13.0. The topological polar surface area (TPSA) is 111 Å². The fraction of sp³-hybridized carbons (Fsp3) is 0.950. The number of phosphoric acid groups is 1. The third-order valence-electron chi connectivity index (χ3n) is 18.8. The summed E-state index contributed by atoms with van der Waals surface area (Å²) in [5.74, 6) is -0.802. The fourth-order valence-electron chi connectivity index (χ4n) is 12.6. The van der Waals surface area contributed by atoms with Gasteiger partial charge in [-0.05, 0) is 38.5 Å². The van der Waals surface area contributed by atoms with Gasteiger partial charge in [-0.1, -0.05) is 398 Å². The molecular formula is C80H158NO8P. The first-order valence-electron chi connectivity index (χ1n) is 40.4. The Morgan fingerprint density at radius 2 is 0.567 bits per heavy atom. The molecule has 0 saturated carbocycles. The van der Waals surface area contributed by atoms with E-state index >= 15 is 0 Å². The predicted molar refractivity (Wildman–Crippen MR) is 388 cm³/mol. The number of carbonyl (C=O) groups excluding carboxylic acids is 2. The van der Waals surface area contributed by atoms with Crippen molar-refractivity contribution in [3.8, 4) is 0 Å². The molecular weight excluding hydrogens is 1130 g/mol. The maximum Gasteiger partial charge on any atom is 0.306 e. The molecule has 0 radical (unpaired) electrons. The Labute approximate surface area is 562 Å². The third-order valence-corrected chi connectivity index (χ3v) is 19.7. The van der Waals surface area contributed by atoms with Gasteiger partial charge in [0.15, 0.2) is 6.10 Å². The Balaban J connectivity index is 3.88. The van der Waals surface area contributed by atoms with E-state index < -0.39 is 26.5 Å². The van der Waals surface area contributed by atoms with Gasteiger partial charge in [-0.3, -0.25) is 14.2 Å². The molecule has 2 unspecified atom stereocenters. The van der Waals surface area contributed by atoms with E-state index in [0.717, 1.165) is 32.1 Å². The Morgan fingerprint density at radius 3 is 0.822 bits per heavy atom. The second-order valence-electron chi connectivity index (χ2n) is 29.1. The van der Waals surface area contributed by atoms with Gasteiger partial charge < -0.3 is 27.9 Å². The first-order valence-corrected chi connectivity index (χ1v) is 41.9. The highest BCUT2D eigenvalue weighted by molar-refractivity contribution is 7.45. The highest BCUT2D eigenvalue weighted by atomic mass is 31.2. The summed E-state index contributed by atoms with van der Waals surface area (Å²) in [7, 11) is 1.20. The summed E-state index contributed by atoms with van der Waals surface area (Å²) in [5.41, 5.74) is 0. The number of quaternary nitrogens is 1. The first-order chi connectivity index (χ1) is 44.0. The molecule has 0 fully saturated rings. The lowest BCUT2D eigenvalue weighted by molar-refractivity contribution is -0.870. The molecule has 0 rings (SSSR count). The lowest BCUT2D eigenvalue weighted by atomic mass is 10.0. The van der Waals surface area contributed by atoms with Crippen LogP contribution in [0, 0.1) is 0 Å². The van der Waals surface area contributed by atoms with Crippen LogP contribution in [0.3, 0.4) is 0 Å². The number of likely N-dealkylation sites (N-methyl/N-ethyl adjacent to an activating group) is 1. The van der Waals surface area contributed by atoms with Crippen molar-refractivity contribution in [3.05, 3.63) is 12.2 Å². The number of unbranched alkanes of at least 4 members (excludes halogenated alkanes) is 61. The lowest BCUT2D eigenvalue weighted by Gasteiger charge is -2.28. The summed E-state index contributed by atoms with van der Waals surface area (Å²) in [6.45, 7) is 4.34. The number of nitrogens with zero attached hydrogens (tertiary/aromatic N) is 1. The smallest absolute Gasteiger partial charge is 0.306 e. The van der Waals surface area contributed by atoms with Crippen LogP contribution in [0.4, 0.5) is 0 Å². The van der Waals surface area contributed by atoms with Crippen molar-refractivity contribution in [1.29, 1.82) is 0 Å². The van der Waals surface area contributed by atoms with Crippen LogP contribution in [0.1, 0.15) is 438 Å². The number of hydrogen-bond donors (Lipinski definition) is 0. The molecule has 0 aromatic rings. The minimum atomic E-state index is -4.64. The van der Waals surface area contributed by atoms with Crippen LogP contribution >= 0.6 is 7.82 Å². The number of esters is 2. The Morgan fingerprint density at radius 1 is 0.333 bits per heavy atom. The molecule has 0 aliphatic rings. The molecule has 10 heteroatoms. The van der Waals surface area contributed by atoms with Gasteiger partial charge in [0.1, 0.15) is 19.8 Å². The summed E-state index contributed by atoms with van der Waals surface area (Å²) >= 11 is 0. The van der Waals surface area contributed by atoms with Gasteiger partial charge in [0.2, 0.25) is 0 Å². The van der Waals surface area contributed by atoms with E-state index in [4.69, 9.17) is 18.5 Å². The highest BCUT2D eigenvalue weighted by Crippen LogP contribution is 2.38. The van der Waals surface area contributed by atoms with Crippen molar-refractivity contribution in [2.75, 3.05) is 47.5 Å². The molecule has 0 saturated heterocycles. The molecule has 0 spiro atoms. The van der Waals surface area contributed by atoms with Crippen molar-refractivity contribution in [1.82, 2.24) is 0 Å². The average molecular weight is 1290 g/mol. The number of phosphoric ester groups is 1. The lowest BCUT2D eigenvalue weighted by Crippen LogP contribution is -2.37. The van der Waals surface area contributed by atoms with Gasteiger partial charge in [-0.2, -0.15) is 0 Å². The number of rotatable bonds is 77. The average Bonchev–Trinajstić information content (AvgIpc) is 3.58. The maximum atomic E-state index is 12.9. The monoisotopic (exact) mass is 1290 g/mol. The van der Waals surface area contributed by atoms with Crippen molar-refractivity contribution >= 4 is 19.8 Å². The van der Waals surface area contributed by atoms with Crippen molar-refractivity contribution in [2.45, 2.75) is 444 Å². The highest BCUT2D eigenvalue weighted by Gasteiger charge is 2.22. The van der Waals surface area contributed by atoms with E-state index in [0.29, 0.717) is 17.4 Å². The van der Waals surface area contributed by atoms with Crippen LogP contribution in [-0.2, 0) is 32.7 Å². The SMILES string of the molecule is CCCCCCCCCC/C=C\CCCCCCCCCCCCCCCCCCCCCCCCCCCC(=O)OC(COC(=O)CCCCCCCCCCCCCCCCCCCCCCCCCCCCCCC)COP(=O)([O-])OCC[N+](C)(C)C. The second kappa shape index (κ2) is 72.0. The van der Waals surface area contributed by atoms with Gasteiger partial charge in [0, 0.05) is 12.8 Å². The Bertz CT molecular complexity index is 1520. The van der Waals surface area contributed by atoms with E-state index in [-0.39, 0.29) is 32.0 Å². The zero-order chi connectivity index (χ0) is 65.5. The molecule has 90 heavy (non-hydrogen) atoms. The number of allylic oxidation sites excluding steroid dienone is 2. The van der Waals surface area contributed by atoms with Crippen LogP contribution in [0.15, 0.2) is 12.2 Å². The molecule has 536 valence electrons. The molecule has 9 nitrogen and oxygen atoms in total. The molecule has 0 aliphatic heterocycles. The standard InChI is InChI=1S/C80H158NO8P/c1-6-8-10-12-14-16-18-20-22-24-26-28-30-32-34-36-37-38-39-40-41-42-43-45-47-49-51-53-55-57-59-61-63-65-67-69-71-73-80(83)89-78(77-88-90(84,85)87-75-74-81(3,4)5)76-86-79(82)72-70-68-66-64-62-60-58-56-54-52-50-48-46-44-35-33-31-29-27-25-23-21-19-17-15-13-11-9-7-2/h24,26,78H,6-23,25,27-77H2,1-5H3/b26-24-. The van der Waals surface area contributed by atoms with Crippen molar-refractivity contribution < 1.29 is 42.1 Å². The van der Waals surface area contributed by atoms with Crippen LogP contribution in [-0.4, -0.2) is 70.0 Å². The number of hydrogen-bond acceptors (Lipinski definition) is 8. The molecule has 0 bridgehead atoms. The molecule has 0 aliphatic carbocycles. The third kappa shape index (κ3) is 75.8. The zero-order valence-electron chi connectivity index (χ0n) is 61.4. The molecule has 2 atom stereocenters. The first kappa shape index (κ1) is 88.8. The van der Waals surface area contributed by atoms with E-state index in [2.05, 4.69) is 26.0 Å². The largest absolute Gasteiger partial charge is 0.756 e. The fourth-order valence-corrected chi connectivity index (χ4v) is 13.3. The van der Waals surface area contributed by atoms with E-state index in [1.165, 1.54) is 372 Å². The minimum absolute atomic E-state index is 0.0254. The number of ether oxygens (including phenoxy) is 2. The molecule has 0 amide bonds. The summed E-state index contributed by atoms with van der Waals surface area (Å²) in [6, 6.07) is 0. The van der Waals surface area contributed by atoms with Crippen LogP contribution in [0.25, 0.3) is 0 Å². The summed E-state index contributed by atoms with van der Waals surface area (Å²) in [5, 5.41) is 0. The Hall–Kier alpha value is -1.25. The van der Waals surface area contributed by atoms with Gasteiger partial charge in [0.25, 0.3) is 7.82 Å². The molecule has 0 N–H and O–H groups in total. The second-order valence-corrected chi connectivity index (χ2v) is 30.6. The van der Waals surface area contributed by atoms with Crippen LogP contribution < -0.4 is 4.89 Å². The molecule has 0 heterocycles. The zero-order valence-corrected chi connectivity index (χ0v) is 62.3. The van der Waals surface area contributed by atoms with Gasteiger partial charge in [-0.25, -0.2) is 0 Å².